The molecular weight excluding hydrogens is 479 g/mol. The van der Waals surface area contributed by atoms with Crippen LogP contribution < -0.4 is 15.4 Å². The summed E-state index contributed by atoms with van der Waals surface area (Å²) in [6, 6.07) is 5.19. The van der Waals surface area contributed by atoms with E-state index in [0.717, 1.165) is 13.1 Å². The average Bonchev–Trinajstić information content (AvgIpc) is 3.29. The topological polar surface area (TPSA) is 101 Å². The van der Waals surface area contributed by atoms with Gasteiger partial charge in [-0.15, -0.1) is 0 Å². The summed E-state index contributed by atoms with van der Waals surface area (Å²) in [6.07, 6.45) is 7.68. The third-order valence-corrected chi connectivity index (χ3v) is 8.04. The van der Waals surface area contributed by atoms with Gasteiger partial charge in [0.15, 0.2) is 0 Å². The fourth-order valence-corrected chi connectivity index (χ4v) is 6.10. The van der Waals surface area contributed by atoms with Gasteiger partial charge in [0.2, 0.25) is 5.95 Å². The second kappa shape index (κ2) is 9.00. The van der Waals surface area contributed by atoms with Gasteiger partial charge in [-0.3, -0.25) is 10.4 Å². The number of nitrogens with two attached hydrogens (primary N) is 1. The minimum Gasteiger partial charge on any atom is -0.489 e. The third-order valence-electron chi connectivity index (χ3n) is 6.08. The van der Waals surface area contributed by atoms with Crippen LogP contribution in [0.3, 0.4) is 0 Å². The SMILES string of the molecule is N=C(c1cnc(N2CC3(CCSC3)C2)nc1)c1cc(OCc2c(Cl)cncc2Cl)ccc1N. The molecule has 170 valence electrons. The highest BCUT2D eigenvalue weighted by Gasteiger charge is 2.46. The first kappa shape index (κ1) is 22.3. The Morgan fingerprint density at radius 1 is 1.15 bits per heavy atom. The predicted molar refractivity (Wildman–Crippen MR) is 134 cm³/mol. The summed E-state index contributed by atoms with van der Waals surface area (Å²) < 4.78 is 5.87. The van der Waals surface area contributed by atoms with E-state index in [4.69, 9.17) is 39.1 Å². The van der Waals surface area contributed by atoms with Crippen LogP contribution in [0.15, 0.2) is 43.0 Å². The largest absolute Gasteiger partial charge is 0.489 e. The Bertz CT molecular complexity index is 1170. The van der Waals surface area contributed by atoms with Gasteiger partial charge in [0.25, 0.3) is 0 Å². The summed E-state index contributed by atoms with van der Waals surface area (Å²) in [5, 5.41) is 9.52. The van der Waals surface area contributed by atoms with E-state index in [1.165, 1.54) is 30.3 Å². The van der Waals surface area contributed by atoms with Gasteiger partial charge in [0.1, 0.15) is 12.4 Å². The van der Waals surface area contributed by atoms with Crippen molar-refractivity contribution in [2.45, 2.75) is 13.0 Å². The van der Waals surface area contributed by atoms with Crippen LogP contribution in [0.5, 0.6) is 5.75 Å². The van der Waals surface area contributed by atoms with E-state index in [1.807, 2.05) is 11.8 Å². The van der Waals surface area contributed by atoms with Gasteiger partial charge >= 0.3 is 0 Å². The number of ether oxygens (including phenoxy) is 1. The second-order valence-electron chi connectivity index (χ2n) is 8.42. The molecular formula is C23H22Cl2N6OS. The van der Waals surface area contributed by atoms with Crippen LogP contribution in [0, 0.1) is 10.8 Å². The molecule has 2 aliphatic rings. The number of anilines is 2. The first-order valence-corrected chi connectivity index (χ1v) is 12.4. The molecule has 2 fully saturated rings. The molecule has 3 N–H and O–H groups in total. The summed E-state index contributed by atoms with van der Waals surface area (Å²) in [7, 11) is 0. The lowest BCUT2D eigenvalue weighted by molar-refractivity contribution is 0.250. The molecule has 2 saturated heterocycles. The summed E-state index contributed by atoms with van der Waals surface area (Å²) >= 11 is 14.4. The van der Waals surface area contributed by atoms with Crippen LogP contribution in [-0.2, 0) is 6.61 Å². The number of benzene rings is 1. The number of nitrogen functional groups attached to an aromatic ring is 1. The molecule has 0 aliphatic carbocycles. The molecule has 0 unspecified atom stereocenters. The second-order valence-corrected chi connectivity index (χ2v) is 10.3. The maximum Gasteiger partial charge on any atom is 0.225 e. The highest BCUT2D eigenvalue weighted by atomic mass is 35.5. The molecule has 7 nitrogen and oxygen atoms in total. The van der Waals surface area contributed by atoms with Crippen molar-refractivity contribution in [2.75, 3.05) is 35.2 Å². The van der Waals surface area contributed by atoms with E-state index in [9.17, 15) is 0 Å². The third kappa shape index (κ3) is 4.47. The minimum absolute atomic E-state index is 0.171. The number of thioether (sulfide) groups is 1. The molecule has 3 aromatic rings. The van der Waals surface area contributed by atoms with Crippen molar-refractivity contribution in [3.63, 3.8) is 0 Å². The zero-order valence-corrected chi connectivity index (χ0v) is 20.1. The normalized spacial score (nSPS) is 16.6. The highest BCUT2D eigenvalue weighted by molar-refractivity contribution is 7.99. The molecule has 0 amide bonds. The summed E-state index contributed by atoms with van der Waals surface area (Å²) in [4.78, 5) is 15.2. The van der Waals surface area contributed by atoms with Crippen molar-refractivity contribution in [3.05, 3.63) is 69.7 Å². The van der Waals surface area contributed by atoms with Crippen molar-refractivity contribution in [1.82, 2.24) is 15.0 Å². The Balaban J connectivity index is 1.28. The molecule has 0 atom stereocenters. The van der Waals surface area contributed by atoms with Gasteiger partial charge in [-0.1, -0.05) is 23.2 Å². The maximum absolute atomic E-state index is 8.66. The lowest BCUT2D eigenvalue weighted by Gasteiger charge is -2.47. The van der Waals surface area contributed by atoms with Gasteiger partial charge in [-0.2, -0.15) is 11.8 Å². The predicted octanol–water partition coefficient (Wildman–Crippen LogP) is 4.70. The van der Waals surface area contributed by atoms with E-state index < -0.39 is 0 Å². The van der Waals surface area contributed by atoms with E-state index in [-0.39, 0.29) is 12.3 Å². The van der Waals surface area contributed by atoms with Crippen LogP contribution >= 0.6 is 35.0 Å². The standard InChI is InChI=1S/C23H22Cl2N6OS/c24-18-8-28-9-19(25)17(18)10-32-15-1-2-20(26)16(5-15)21(27)14-6-29-22(30-7-14)31-11-23(12-31)3-4-33-13-23/h1-2,5-9,27H,3-4,10-13,26H2. The molecule has 2 aromatic heterocycles. The number of halogens is 2. The maximum atomic E-state index is 8.66. The zero-order chi connectivity index (χ0) is 23.0. The van der Waals surface area contributed by atoms with Crippen LogP contribution in [0.2, 0.25) is 10.0 Å². The molecule has 0 bridgehead atoms. The van der Waals surface area contributed by atoms with Crippen molar-refractivity contribution >= 4 is 52.3 Å². The van der Waals surface area contributed by atoms with E-state index in [2.05, 4.69) is 19.9 Å². The number of nitrogens with zero attached hydrogens (tertiary/aromatic N) is 4. The van der Waals surface area contributed by atoms with Gasteiger partial charge in [-0.05, 0) is 30.4 Å². The lowest BCUT2D eigenvalue weighted by atomic mass is 9.80. The average molecular weight is 501 g/mol. The highest BCUT2D eigenvalue weighted by Crippen LogP contribution is 2.44. The molecule has 0 saturated carbocycles. The molecule has 1 spiro atoms. The zero-order valence-electron chi connectivity index (χ0n) is 17.7. The van der Waals surface area contributed by atoms with Crippen molar-refractivity contribution in [3.8, 4) is 5.75 Å². The summed E-state index contributed by atoms with van der Waals surface area (Å²) in [5.41, 5.74) is 9.09. The Kier molecular flexibility index (Phi) is 6.07. The van der Waals surface area contributed by atoms with Crippen LogP contribution in [0.25, 0.3) is 0 Å². The van der Waals surface area contributed by atoms with Gasteiger partial charge in [0, 0.05) is 71.4 Å². The fraction of sp³-hybridized carbons (Fsp3) is 0.304. The first-order chi connectivity index (χ1) is 15.9. The number of hydrogen-bond donors (Lipinski definition) is 2. The molecule has 1 aromatic carbocycles. The van der Waals surface area contributed by atoms with E-state index >= 15 is 0 Å². The van der Waals surface area contributed by atoms with E-state index in [0.29, 0.717) is 49.5 Å². The smallest absolute Gasteiger partial charge is 0.225 e. The number of rotatable bonds is 6. The Hall–Kier alpha value is -2.55. The number of hydrogen-bond acceptors (Lipinski definition) is 8. The molecule has 33 heavy (non-hydrogen) atoms. The van der Waals surface area contributed by atoms with Crippen LogP contribution in [0.1, 0.15) is 23.1 Å². The number of nitrogens with one attached hydrogen (secondary N) is 1. The molecule has 5 rings (SSSR count). The van der Waals surface area contributed by atoms with Gasteiger partial charge in [-0.25, -0.2) is 9.97 Å². The lowest BCUT2D eigenvalue weighted by Crippen LogP contribution is -2.57. The monoisotopic (exact) mass is 500 g/mol. The van der Waals surface area contributed by atoms with Gasteiger partial charge in [0.05, 0.1) is 15.8 Å². The first-order valence-electron chi connectivity index (χ1n) is 10.5. The Labute approximate surface area is 206 Å². The minimum atomic E-state index is 0.171. The molecule has 10 heteroatoms. The van der Waals surface area contributed by atoms with E-state index in [1.54, 1.807) is 30.6 Å². The number of aromatic nitrogens is 3. The molecule has 4 heterocycles. The summed E-state index contributed by atoms with van der Waals surface area (Å²) in [6.45, 7) is 2.19. The molecule has 0 radical (unpaired) electrons. The van der Waals surface area contributed by atoms with Crippen LogP contribution in [0.4, 0.5) is 11.6 Å². The Morgan fingerprint density at radius 2 is 1.88 bits per heavy atom. The Morgan fingerprint density at radius 3 is 2.55 bits per heavy atom. The quantitative estimate of drug-likeness (QED) is 0.373. The van der Waals surface area contributed by atoms with Crippen molar-refractivity contribution in [1.29, 1.82) is 5.41 Å². The van der Waals surface area contributed by atoms with Crippen molar-refractivity contribution in [2.24, 2.45) is 5.41 Å². The van der Waals surface area contributed by atoms with Crippen LogP contribution in [-0.4, -0.2) is 45.3 Å². The fourth-order valence-electron chi connectivity index (χ4n) is 4.15. The number of pyridine rings is 1. The van der Waals surface area contributed by atoms with Crippen molar-refractivity contribution < 1.29 is 4.74 Å². The molecule has 2 aliphatic heterocycles. The summed E-state index contributed by atoms with van der Waals surface area (Å²) in [5.74, 6) is 3.73. The van der Waals surface area contributed by atoms with Gasteiger partial charge < -0.3 is 15.4 Å².